The van der Waals surface area contributed by atoms with Crippen molar-refractivity contribution in [3.8, 4) is 0 Å². The van der Waals surface area contributed by atoms with Gasteiger partial charge < -0.3 is 18.9 Å². The number of hydrogen-bond acceptors (Lipinski definition) is 5. The largest absolute Gasteiger partial charge is 0.382 e. The second-order valence-corrected chi connectivity index (χ2v) is 15.4. The van der Waals surface area contributed by atoms with Crippen LogP contribution < -0.4 is 4.90 Å². The van der Waals surface area contributed by atoms with Crippen LogP contribution in [0.1, 0.15) is 41.8 Å². The number of aryl methyl sites for hydroxylation is 2. The highest BCUT2D eigenvalue weighted by Crippen LogP contribution is 2.61. The molecule has 2 aliphatic rings. The van der Waals surface area contributed by atoms with Crippen molar-refractivity contribution in [2.45, 2.75) is 63.3 Å². The summed E-state index contributed by atoms with van der Waals surface area (Å²) in [7, 11) is -1.48. The third kappa shape index (κ3) is 4.27. The lowest BCUT2D eigenvalue weighted by atomic mass is 9.82. The average Bonchev–Trinajstić information content (AvgIpc) is 3.49. The van der Waals surface area contributed by atoms with Crippen molar-refractivity contribution in [2.75, 3.05) is 11.9 Å². The summed E-state index contributed by atoms with van der Waals surface area (Å²) in [5.74, 6) is -0.485. The minimum atomic E-state index is -3.23. The second kappa shape index (κ2) is 9.41. The van der Waals surface area contributed by atoms with Gasteiger partial charge in [0.25, 0.3) is 5.91 Å². The van der Waals surface area contributed by atoms with Crippen LogP contribution in [0.3, 0.4) is 0 Å². The first-order valence-corrected chi connectivity index (χ1v) is 16.3. The molecule has 1 amide bonds. The van der Waals surface area contributed by atoms with Crippen molar-refractivity contribution in [3.63, 3.8) is 0 Å². The number of anilines is 1. The van der Waals surface area contributed by atoms with Crippen LogP contribution in [0.25, 0.3) is 0 Å². The number of amides is 1. The Balaban J connectivity index is 1.43. The molecule has 1 N–H and O–H groups in total. The third-order valence-corrected chi connectivity index (χ3v) is 10.9. The molecule has 7 nitrogen and oxygen atoms in total. The zero-order chi connectivity index (χ0) is 26.7. The standard InChI is InChI=1S/C27H32BrFN4O3Si/c1-16-13-19-23(20(28)14-16)32(3)26(35)27(19)17(2)25(37(4,5)29)22(36-27)11-12-33-15-21(30-31-33)24(34)18-9-7-6-8-10-18/h6-10,13-15,17,22,24-25,34H,11-12H2,1-5H3/t17-,22+,24+,25-,27+/m0/s1. The van der Waals surface area contributed by atoms with Gasteiger partial charge in [0.2, 0.25) is 8.41 Å². The summed E-state index contributed by atoms with van der Waals surface area (Å²) >= 11 is 3.62. The summed E-state index contributed by atoms with van der Waals surface area (Å²) in [5.41, 5.74) is 2.18. The number of nitrogens with zero attached hydrogens (tertiary/aromatic N) is 4. The number of aliphatic hydroxyl groups excluding tert-OH is 1. The van der Waals surface area contributed by atoms with Gasteiger partial charge >= 0.3 is 0 Å². The van der Waals surface area contributed by atoms with E-state index in [0.29, 0.717) is 18.7 Å². The van der Waals surface area contributed by atoms with E-state index in [0.717, 1.165) is 26.9 Å². The van der Waals surface area contributed by atoms with Gasteiger partial charge in [-0.1, -0.05) is 48.5 Å². The van der Waals surface area contributed by atoms with Crippen LogP contribution in [-0.4, -0.2) is 47.6 Å². The van der Waals surface area contributed by atoms with Crippen LogP contribution in [-0.2, 0) is 21.7 Å². The number of aromatic nitrogens is 3. The number of carbonyl (C=O) groups excluding carboxylic acids is 1. The summed E-state index contributed by atoms with van der Waals surface area (Å²) in [6, 6.07) is 13.3. The van der Waals surface area contributed by atoms with Gasteiger partial charge in [-0.15, -0.1) is 5.10 Å². The Labute approximate surface area is 225 Å². The fraction of sp³-hybridized carbons (Fsp3) is 0.444. The topological polar surface area (TPSA) is 80.5 Å². The molecule has 1 fully saturated rings. The second-order valence-electron chi connectivity index (χ2n) is 10.8. The molecule has 3 heterocycles. The molecule has 0 unspecified atom stereocenters. The predicted octanol–water partition coefficient (Wildman–Crippen LogP) is 5.27. The van der Waals surface area contributed by atoms with Gasteiger partial charge in [-0.05, 0) is 59.6 Å². The number of ether oxygens (including phenoxy) is 1. The lowest BCUT2D eigenvalue weighted by Crippen LogP contribution is -2.44. The van der Waals surface area contributed by atoms with Gasteiger partial charge in [-0.25, -0.2) is 0 Å². The van der Waals surface area contributed by atoms with E-state index in [-0.39, 0.29) is 17.4 Å². The Bertz CT molecular complexity index is 1330. The van der Waals surface area contributed by atoms with Crippen molar-refractivity contribution < 1.29 is 18.7 Å². The number of aliphatic hydroxyl groups is 1. The van der Waals surface area contributed by atoms with Crippen molar-refractivity contribution in [2.24, 2.45) is 5.92 Å². The molecular formula is C27H32BrFN4O3Si. The molecule has 196 valence electrons. The smallest absolute Gasteiger partial charge is 0.264 e. The summed E-state index contributed by atoms with van der Waals surface area (Å²) < 4.78 is 25.1. The van der Waals surface area contributed by atoms with Gasteiger partial charge in [-0.3, -0.25) is 9.48 Å². The first kappa shape index (κ1) is 26.2. The highest BCUT2D eigenvalue weighted by molar-refractivity contribution is 9.10. The van der Waals surface area contributed by atoms with E-state index in [4.69, 9.17) is 4.74 Å². The van der Waals surface area contributed by atoms with Crippen LogP contribution in [0.5, 0.6) is 0 Å². The molecule has 5 atom stereocenters. The molecule has 2 aliphatic heterocycles. The first-order valence-electron chi connectivity index (χ1n) is 12.5. The van der Waals surface area contributed by atoms with Gasteiger partial charge in [0.1, 0.15) is 11.8 Å². The molecule has 2 aromatic carbocycles. The Morgan fingerprint density at radius 2 is 1.97 bits per heavy atom. The summed E-state index contributed by atoms with van der Waals surface area (Å²) in [5, 5.41) is 19.0. The minimum Gasteiger partial charge on any atom is -0.382 e. The number of hydrogen-bond donors (Lipinski definition) is 1. The van der Waals surface area contributed by atoms with Crippen molar-refractivity contribution in [3.05, 3.63) is 75.5 Å². The molecule has 1 spiro atoms. The van der Waals surface area contributed by atoms with E-state index in [2.05, 4.69) is 26.2 Å². The molecule has 0 bridgehead atoms. The molecular weight excluding hydrogens is 555 g/mol. The molecule has 3 aromatic rings. The van der Waals surface area contributed by atoms with Gasteiger partial charge in [-0.2, -0.15) is 0 Å². The molecule has 1 saturated heterocycles. The number of rotatable bonds is 6. The number of fused-ring (bicyclic) bond motifs is 2. The van der Waals surface area contributed by atoms with E-state index >= 15 is 4.11 Å². The molecule has 0 radical (unpaired) electrons. The predicted molar refractivity (Wildman–Crippen MR) is 145 cm³/mol. The van der Waals surface area contributed by atoms with E-state index in [1.54, 1.807) is 35.9 Å². The summed E-state index contributed by atoms with van der Waals surface area (Å²) in [4.78, 5) is 15.4. The lowest BCUT2D eigenvalue weighted by Gasteiger charge is -2.31. The number of benzene rings is 2. The Morgan fingerprint density at radius 1 is 1.27 bits per heavy atom. The maximum atomic E-state index is 15.9. The fourth-order valence-corrected chi connectivity index (χ4v) is 9.64. The zero-order valence-corrected chi connectivity index (χ0v) is 24.2. The molecule has 10 heteroatoms. The number of likely N-dealkylation sites (N-methyl/N-ethyl adjacent to an activating group) is 1. The summed E-state index contributed by atoms with van der Waals surface area (Å²) in [6.45, 7) is 7.76. The van der Waals surface area contributed by atoms with E-state index in [1.165, 1.54) is 0 Å². The maximum absolute atomic E-state index is 15.9. The number of carbonyl (C=O) groups is 1. The lowest BCUT2D eigenvalue weighted by molar-refractivity contribution is -0.145. The third-order valence-electron chi connectivity index (χ3n) is 7.87. The summed E-state index contributed by atoms with van der Waals surface area (Å²) in [6.07, 6.45) is 0.843. The first-order chi connectivity index (χ1) is 17.4. The van der Waals surface area contributed by atoms with Crippen molar-refractivity contribution >= 4 is 35.9 Å². The number of halogens is 2. The monoisotopic (exact) mass is 586 g/mol. The Morgan fingerprint density at radius 3 is 2.65 bits per heavy atom. The Kier molecular flexibility index (Phi) is 6.67. The van der Waals surface area contributed by atoms with Gasteiger partial charge in [0, 0.05) is 35.1 Å². The average molecular weight is 588 g/mol. The van der Waals surface area contributed by atoms with E-state index in [1.807, 2.05) is 56.3 Å². The maximum Gasteiger partial charge on any atom is 0.264 e. The SMILES string of the molecule is Cc1cc(Br)c2c(c1)[C@@]1(O[C@H](CCn3cc([C@H](O)c4ccccc4)nn3)[C@@H]([Si](C)(C)F)[C@@H]1C)C(=O)N2C. The fourth-order valence-electron chi connectivity index (χ4n) is 6.26. The van der Waals surface area contributed by atoms with Gasteiger partial charge in [0.05, 0.1) is 18.0 Å². The van der Waals surface area contributed by atoms with Crippen LogP contribution in [0.2, 0.25) is 18.6 Å². The van der Waals surface area contributed by atoms with Crippen molar-refractivity contribution in [1.29, 1.82) is 0 Å². The zero-order valence-electron chi connectivity index (χ0n) is 21.7. The quantitative estimate of drug-likeness (QED) is 0.314. The molecule has 5 rings (SSSR count). The minimum absolute atomic E-state index is 0.152. The van der Waals surface area contributed by atoms with E-state index < -0.39 is 26.2 Å². The molecule has 37 heavy (non-hydrogen) atoms. The van der Waals surface area contributed by atoms with Crippen LogP contribution in [0, 0.1) is 12.8 Å². The van der Waals surface area contributed by atoms with Gasteiger partial charge in [0.15, 0.2) is 5.60 Å². The van der Waals surface area contributed by atoms with Crippen LogP contribution in [0.15, 0.2) is 53.1 Å². The van der Waals surface area contributed by atoms with Crippen molar-refractivity contribution in [1.82, 2.24) is 15.0 Å². The molecule has 0 saturated carbocycles. The molecule has 0 aliphatic carbocycles. The molecule has 1 aromatic heterocycles. The Hall–Kier alpha value is -2.40. The van der Waals surface area contributed by atoms with Crippen LogP contribution >= 0.6 is 15.9 Å². The highest BCUT2D eigenvalue weighted by Gasteiger charge is 2.66. The van der Waals surface area contributed by atoms with Crippen LogP contribution in [0.4, 0.5) is 9.80 Å². The normalized spacial score (nSPS) is 26.2. The van der Waals surface area contributed by atoms with E-state index in [9.17, 15) is 9.90 Å². The highest BCUT2D eigenvalue weighted by atomic mass is 79.9.